The SMILES string of the molecule is CCCC[C@@H](C)C=C1CN2CCC[C@H]2[C@@](C)(OCc2ccccc2)[C@@H]1O. The second-order valence-electron chi connectivity index (χ2n) is 8.35. The number of nitrogens with zero attached hydrogens (tertiary/aromatic N) is 1. The van der Waals surface area contributed by atoms with E-state index in [-0.39, 0.29) is 0 Å². The Hall–Kier alpha value is -1.16. The number of benzene rings is 1. The molecule has 26 heavy (non-hydrogen) atoms. The van der Waals surface area contributed by atoms with Crippen molar-refractivity contribution in [3.05, 3.63) is 47.5 Å². The van der Waals surface area contributed by atoms with Gasteiger partial charge in [0.2, 0.25) is 0 Å². The fraction of sp³-hybridized carbons (Fsp3) is 0.652. The first-order valence-corrected chi connectivity index (χ1v) is 10.3. The minimum Gasteiger partial charge on any atom is -0.386 e. The normalized spacial score (nSPS) is 31.9. The van der Waals surface area contributed by atoms with Gasteiger partial charge in [0.15, 0.2) is 0 Å². The van der Waals surface area contributed by atoms with Gasteiger partial charge in [-0.2, -0.15) is 0 Å². The molecule has 1 N–H and O–H groups in total. The number of aliphatic hydroxyl groups excluding tert-OH is 1. The Labute approximate surface area is 159 Å². The number of fused-ring (bicyclic) bond motifs is 1. The lowest BCUT2D eigenvalue weighted by molar-refractivity contribution is -0.158. The van der Waals surface area contributed by atoms with Gasteiger partial charge in [-0.3, -0.25) is 4.90 Å². The first-order chi connectivity index (χ1) is 12.5. The van der Waals surface area contributed by atoms with Gasteiger partial charge in [-0.25, -0.2) is 0 Å². The molecule has 3 rings (SSSR count). The topological polar surface area (TPSA) is 32.7 Å². The highest BCUT2D eigenvalue weighted by Crippen LogP contribution is 2.40. The van der Waals surface area contributed by atoms with Crippen LogP contribution in [0.2, 0.25) is 0 Å². The molecule has 2 aliphatic rings. The van der Waals surface area contributed by atoms with Crippen molar-refractivity contribution in [1.29, 1.82) is 0 Å². The third-order valence-corrected chi connectivity index (χ3v) is 6.21. The Morgan fingerprint density at radius 1 is 1.35 bits per heavy atom. The predicted octanol–water partition coefficient (Wildman–Crippen LogP) is 4.55. The molecule has 3 heteroatoms. The van der Waals surface area contributed by atoms with E-state index in [4.69, 9.17) is 4.74 Å². The van der Waals surface area contributed by atoms with Crippen molar-refractivity contribution in [2.24, 2.45) is 5.92 Å². The zero-order valence-corrected chi connectivity index (χ0v) is 16.7. The van der Waals surface area contributed by atoms with E-state index in [0.717, 1.165) is 30.6 Å². The molecule has 4 atom stereocenters. The van der Waals surface area contributed by atoms with Crippen molar-refractivity contribution in [1.82, 2.24) is 4.90 Å². The summed E-state index contributed by atoms with van der Waals surface area (Å²) in [5.41, 5.74) is 1.78. The van der Waals surface area contributed by atoms with E-state index in [2.05, 4.69) is 43.9 Å². The lowest BCUT2D eigenvalue weighted by atomic mass is 9.79. The van der Waals surface area contributed by atoms with Crippen molar-refractivity contribution in [3.8, 4) is 0 Å². The summed E-state index contributed by atoms with van der Waals surface area (Å²) in [6, 6.07) is 10.6. The van der Waals surface area contributed by atoms with Crippen LogP contribution in [0.25, 0.3) is 0 Å². The van der Waals surface area contributed by atoms with Gasteiger partial charge in [0, 0.05) is 12.6 Å². The van der Waals surface area contributed by atoms with Crippen molar-refractivity contribution in [3.63, 3.8) is 0 Å². The maximum absolute atomic E-state index is 11.3. The maximum Gasteiger partial charge on any atom is 0.111 e. The summed E-state index contributed by atoms with van der Waals surface area (Å²) in [6.07, 6.45) is 7.77. The molecule has 0 radical (unpaired) electrons. The molecule has 0 unspecified atom stereocenters. The first-order valence-electron chi connectivity index (χ1n) is 10.3. The van der Waals surface area contributed by atoms with Crippen LogP contribution in [0.3, 0.4) is 0 Å². The van der Waals surface area contributed by atoms with Gasteiger partial charge in [-0.15, -0.1) is 0 Å². The lowest BCUT2D eigenvalue weighted by Crippen LogP contribution is -2.62. The van der Waals surface area contributed by atoms with Crippen LogP contribution in [0.1, 0.15) is 58.4 Å². The largest absolute Gasteiger partial charge is 0.386 e. The predicted molar refractivity (Wildman–Crippen MR) is 107 cm³/mol. The van der Waals surface area contributed by atoms with Gasteiger partial charge < -0.3 is 9.84 Å². The Bertz CT molecular complexity index is 599. The van der Waals surface area contributed by atoms with Crippen LogP contribution in [-0.2, 0) is 11.3 Å². The lowest BCUT2D eigenvalue weighted by Gasteiger charge is -2.49. The minimum absolute atomic E-state index is 0.310. The Balaban J connectivity index is 1.77. The summed E-state index contributed by atoms with van der Waals surface area (Å²) >= 11 is 0. The fourth-order valence-corrected chi connectivity index (χ4v) is 4.64. The molecule has 144 valence electrons. The molecule has 0 saturated carbocycles. The van der Waals surface area contributed by atoms with Crippen molar-refractivity contribution in [2.75, 3.05) is 13.1 Å². The van der Waals surface area contributed by atoms with E-state index in [9.17, 15) is 5.11 Å². The average molecular weight is 358 g/mol. The fourth-order valence-electron chi connectivity index (χ4n) is 4.64. The molecule has 1 aromatic rings. The number of unbranched alkanes of at least 4 members (excludes halogenated alkanes) is 1. The van der Waals surface area contributed by atoms with Crippen LogP contribution in [-0.4, -0.2) is 40.8 Å². The molecule has 1 aromatic carbocycles. The zero-order chi connectivity index (χ0) is 18.6. The monoisotopic (exact) mass is 357 g/mol. The highest BCUT2D eigenvalue weighted by Gasteiger charge is 2.51. The Morgan fingerprint density at radius 2 is 2.12 bits per heavy atom. The van der Waals surface area contributed by atoms with Crippen LogP contribution in [0.5, 0.6) is 0 Å². The molecular formula is C23H35NO2. The molecule has 0 amide bonds. The average Bonchev–Trinajstić information content (AvgIpc) is 3.13. The van der Waals surface area contributed by atoms with Gasteiger partial charge in [0.1, 0.15) is 11.7 Å². The zero-order valence-electron chi connectivity index (χ0n) is 16.7. The second-order valence-corrected chi connectivity index (χ2v) is 8.35. The van der Waals surface area contributed by atoms with E-state index in [1.165, 1.54) is 25.7 Å². The molecule has 2 fully saturated rings. The molecule has 0 aliphatic carbocycles. The van der Waals surface area contributed by atoms with Crippen LogP contribution >= 0.6 is 0 Å². The molecule has 0 aromatic heterocycles. The van der Waals surface area contributed by atoms with Crippen molar-refractivity contribution in [2.45, 2.75) is 77.2 Å². The highest BCUT2D eigenvalue weighted by atomic mass is 16.5. The number of hydrogen-bond donors (Lipinski definition) is 1. The molecule has 2 saturated heterocycles. The first kappa shape index (κ1) is 19.6. The molecule has 0 spiro atoms. The summed E-state index contributed by atoms with van der Waals surface area (Å²) in [7, 11) is 0. The quantitative estimate of drug-likeness (QED) is 0.727. The molecular weight excluding hydrogens is 322 g/mol. The summed E-state index contributed by atoms with van der Waals surface area (Å²) in [5.74, 6) is 0.511. The van der Waals surface area contributed by atoms with E-state index in [1.807, 2.05) is 18.2 Å². The number of hydrogen-bond acceptors (Lipinski definition) is 3. The van der Waals surface area contributed by atoms with E-state index in [1.54, 1.807) is 0 Å². The molecule has 2 aliphatic heterocycles. The van der Waals surface area contributed by atoms with Gasteiger partial charge in [-0.1, -0.05) is 63.1 Å². The summed E-state index contributed by atoms with van der Waals surface area (Å²) in [6.45, 7) is 9.19. The van der Waals surface area contributed by atoms with E-state index in [0.29, 0.717) is 18.6 Å². The van der Waals surface area contributed by atoms with E-state index < -0.39 is 11.7 Å². The van der Waals surface area contributed by atoms with Gasteiger partial charge in [0.25, 0.3) is 0 Å². The number of allylic oxidation sites excluding steroid dienone is 1. The van der Waals surface area contributed by atoms with Crippen molar-refractivity contribution >= 4 is 0 Å². The third-order valence-electron chi connectivity index (χ3n) is 6.21. The number of rotatable bonds is 7. The third kappa shape index (κ3) is 4.21. The van der Waals surface area contributed by atoms with Gasteiger partial charge >= 0.3 is 0 Å². The summed E-state index contributed by atoms with van der Waals surface area (Å²) < 4.78 is 6.44. The van der Waals surface area contributed by atoms with Crippen LogP contribution < -0.4 is 0 Å². The molecule has 2 heterocycles. The highest BCUT2D eigenvalue weighted by molar-refractivity contribution is 5.25. The standard InChI is InChI=1S/C23H35NO2/c1-4-5-10-18(2)15-20-16-24-14-9-13-21(24)23(3,22(20)25)26-17-19-11-7-6-8-12-19/h6-8,11-12,15,18,21-22,25H,4-5,9-10,13-14,16-17H2,1-3H3/t18-,21+,22-,23-/m1/s1. The Kier molecular flexibility index (Phi) is 6.55. The van der Waals surface area contributed by atoms with Gasteiger partial charge in [-0.05, 0) is 49.8 Å². The van der Waals surface area contributed by atoms with Crippen LogP contribution in [0.15, 0.2) is 42.0 Å². The number of ether oxygens (including phenoxy) is 1. The summed E-state index contributed by atoms with van der Waals surface area (Å²) in [4.78, 5) is 2.52. The summed E-state index contributed by atoms with van der Waals surface area (Å²) in [5, 5.41) is 11.3. The minimum atomic E-state index is -0.541. The number of aliphatic hydroxyl groups is 1. The van der Waals surface area contributed by atoms with Crippen molar-refractivity contribution < 1.29 is 9.84 Å². The maximum atomic E-state index is 11.3. The molecule has 3 nitrogen and oxygen atoms in total. The Morgan fingerprint density at radius 3 is 2.85 bits per heavy atom. The number of piperidine rings is 1. The van der Waals surface area contributed by atoms with E-state index >= 15 is 0 Å². The van der Waals surface area contributed by atoms with Gasteiger partial charge in [0.05, 0.1) is 6.61 Å². The van der Waals surface area contributed by atoms with Crippen LogP contribution in [0.4, 0.5) is 0 Å². The smallest absolute Gasteiger partial charge is 0.111 e. The molecule has 0 bridgehead atoms. The second kappa shape index (κ2) is 8.69. The van der Waals surface area contributed by atoms with Crippen LogP contribution in [0, 0.1) is 5.92 Å².